The van der Waals surface area contributed by atoms with Crippen LogP contribution in [-0.2, 0) is 27.5 Å². The van der Waals surface area contributed by atoms with Crippen molar-refractivity contribution >= 4 is 44.2 Å². The van der Waals surface area contributed by atoms with Gasteiger partial charge < -0.3 is 20.8 Å². The molecule has 0 aliphatic heterocycles. The predicted octanol–water partition coefficient (Wildman–Crippen LogP) is 1.18. The number of aromatic hydroxyl groups is 3. The minimum absolute atomic E-state index is 0. The first kappa shape index (κ1) is 35.5. The molecule has 6 N–H and O–H groups in total. The van der Waals surface area contributed by atoms with Crippen molar-refractivity contribution in [3.8, 4) is 17.2 Å². The number of nitro benzene ring substituents is 2. The fraction of sp³-hybridized carbons (Fsp3) is 0.0526. The number of nitro groups is 2. The summed E-state index contributed by atoms with van der Waals surface area (Å²) in [4.78, 5) is 19.7. The summed E-state index contributed by atoms with van der Waals surface area (Å²) in [6.45, 7) is 1.47. The van der Waals surface area contributed by atoms with Crippen LogP contribution in [-0.4, -0.2) is 43.6 Å². The number of benzene rings is 3. The van der Waals surface area contributed by atoms with Crippen LogP contribution in [0.3, 0.4) is 0 Å². The van der Waals surface area contributed by atoms with Gasteiger partial charge in [-0.3, -0.25) is 24.8 Å². The molecule has 0 saturated carbocycles. The Bertz CT molecular complexity index is 1580. The fourth-order valence-corrected chi connectivity index (χ4v) is 3.33. The fourth-order valence-electron chi connectivity index (χ4n) is 2.76. The molecule has 3 aromatic rings. The van der Waals surface area contributed by atoms with E-state index in [9.17, 15) is 44.0 Å². The molecule has 0 spiro atoms. The van der Waals surface area contributed by atoms with E-state index >= 15 is 0 Å². The number of rotatable bonds is 7. The molecule has 0 amide bonds. The number of hydrogen-bond acceptors (Lipinski definition) is 13. The second-order valence-electron chi connectivity index (χ2n) is 6.97. The first-order valence-electron chi connectivity index (χ1n) is 9.42. The third-order valence-electron chi connectivity index (χ3n) is 4.56. The zero-order valence-corrected chi connectivity index (χ0v) is 23.9. The van der Waals surface area contributed by atoms with Crippen LogP contribution in [0.1, 0.15) is 5.56 Å². The molecule has 0 aromatic heterocycles. The molecule has 0 saturated heterocycles. The third-order valence-corrected chi connectivity index (χ3v) is 5.41. The first-order valence-corrected chi connectivity index (χ1v) is 10.9. The SMILES string of the molecule is Cc1cc(S(=O)(=O)O)ccc1N=Nc1c(O)ccc(N=Nc2cc([N+](=O)[O-])cc([N+](=O)[O-])c2O)c1O.O.[Cr].[Na+]. The molecular weight excluding hydrogens is 595 g/mol. The van der Waals surface area contributed by atoms with Gasteiger partial charge >= 0.3 is 35.2 Å². The first-order chi connectivity index (χ1) is 16.8. The molecule has 0 bridgehead atoms. The van der Waals surface area contributed by atoms with Gasteiger partial charge in [-0.25, -0.2) is 0 Å². The molecule has 0 aliphatic carbocycles. The van der Waals surface area contributed by atoms with E-state index in [1.54, 1.807) is 0 Å². The normalized spacial score (nSPS) is 10.9. The molecule has 3 rings (SSSR count). The van der Waals surface area contributed by atoms with Gasteiger partial charge in [-0.05, 0) is 42.8 Å². The van der Waals surface area contributed by atoms with Crippen LogP contribution in [0.4, 0.5) is 34.1 Å². The maximum atomic E-state index is 11.2. The van der Waals surface area contributed by atoms with Gasteiger partial charge in [0.1, 0.15) is 17.1 Å². The van der Waals surface area contributed by atoms with Crippen molar-refractivity contribution in [2.75, 3.05) is 0 Å². The molecule has 20 heteroatoms. The van der Waals surface area contributed by atoms with Gasteiger partial charge in [0.2, 0.25) is 5.75 Å². The van der Waals surface area contributed by atoms with Gasteiger partial charge in [-0.15, -0.1) is 15.3 Å². The van der Waals surface area contributed by atoms with E-state index in [1.807, 2.05) is 0 Å². The Morgan fingerprint density at radius 2 is 1.36 bits per heavy atom. The molecule has 0 fully saturated rings. The molecule has 0 aliphatic rings. The molecule has 0 radical (unpaired) electrons. The maximum Gasteiger partial charge on any atom is 1.00 e. The van der Waals surface area contributed by atoms with E-state index in [0.717, 1.165) is 30.3 Å². The largest absolute Gasteiger partial charge is 1.00 e. The number of aryl methyl sites for hydroxylation is 1. The minimum atomic E-state index is -4.44. The second-order valence-corrected chi connectivity index (χ2v) is 8.39. The number of nitrogens with zero attached hydrogens (tertiary/aromatic N) is 6. The molecular formula is C19H16CrN6NaO11S+. The molecule has 0 atom stereocenters. The van der Waals surface area contributed by atoms with Gasteiger partial charge in [0.05, 0.1) is 26.5 Å². The van der Waals surface area contributed by atoms with E-state index in [2.05, 4.69) is 20.5 Å². The van der Waals surface area contributed by atoms with Crippen LogP contribution in [0.5, 0.6) is 17.2 Å². The summed E-state index contributed by atoms with van der Waals surface area (Å²) in [5.41, 5.74) is -2.80. The summed E-state index contributed by atoms with van der Waals surface area (Å²) in [6.07, 6.45) is 0. The van der Waals surface area contributed by atoms with Crippen molar-refractivity contribution in [2.45, 2.75) is 11.8 Å². The van der Waals surface area contributed by atoms with Gasteiger partial charge in [0, 0.05) is 23.4 Å². The van der Waals surface area contributed by atoms with Gasteiger partial charge in [0.25, 0.3) is 15.8 Å². The van der Waals surface area contributed by atoms with E-state index in [0.29, 0.717) is 6.07 Å². The average Bonchev–Trinajstić information content (AvgIpc) is 2.79. The van der Waals surface area contributed by atoms with E-state index in [4.69, 9.17) is 4.55 Å². The monoisotopic (exact) mass is 611 g/mol. The Balaban J connectivity index is 0.00000481. The Morgan fingerprint density at radius 1 is 0.795 bits per heavy atom. The van der Waals surface area contributed by atoms with Crippen LogP contribution in [0.2, 0.25) is 0 Å². The van der Waals surface area contributed by atoms with Gasteiger partial charge in [-0.2, -0.15) is 13.5 Å². The Morgan fingerprint density at radius 3 is 1.90 bits per heavy atom. The molecule has 17 nitrogen and oxygen atoms in total. The van der Waals surface area contributed by atoms with Crippen LogP contribution in [0, 0.1) is 27.2 Å². The summed E-state index contributed by atoms with van der Waals surface area (Å²) in [6, 6.07) is 6.79. The molecule has 0 heterocycles. The molecule has 0 unspecified atom stereocenters. The summed E-state index contributed by atoms with van der Waals surface area (Å²) < 4.78 is 31.6. The predicted molar refractivity (Wildman–Crippen MR) is 124 cm³/mol. The molecule has 39 heavy (non-hydrogen) atoms. The van der Waals surface area contributed by atoms with E-state index in [1.165, 1.54) is 13.0 Å². The Labute approximate surface area is 251 Å². The number of phenols is 3. The number of non-ortho nitro benzene ring substituents is 1. The van der Waals surface area contributed by atoms with Crippen LogP contribution < -0.4 is 29.6 Å². The standard InChI is InChI=1S/C19H14N6O10S.Cr.Na.H2O/c1-9-6-11(36(33,34)35)2-3-12(9)20-23-17-16(26)5-4-13(19(17)28)21-22-14-7-10(24(29)30)8-15(18(14)27)25(31)32;;;/h2-8,26-28H,1H3,(H,33,34,35);;;1H2/q;;+1;. The Hall–Kier alpha value is -3.54. The topological polar surface area (TPSA) is 282 Å². The second kappa shape index (κ2) is 14.0. The minimum Gasteiger partial charge on any atom is -0.505 e. The molecule has 200 valence electrons. The smallest absolute Gasteiger partial charge is 0.505 e. The number of hydrogen-bond donors (Lipinski definition) is 4. The maximum absolute atomic E-state index is 11.2. The number of azo groups is 2. The third kappa shape index (κ3) is 8.22. The summed E-state index contributed by atoms with van der Waals surface area (Å²) in [5.74, 6) is -2.30. The quantitative estimate of drug-likeness (QED) is 0.0972. The van der Waals surface area contributed by atoms with Crippen molar-refractivity contribution < 1.29 is 90.5 Å². The summed E-state index contributed by atoms with van der Waals surface area (Å²) in [7, 11) is -4.44. The van der Waals surface area contributed by atoms with Gasteiger partial charge in [0.15, 0.2) is 11.4 Å². The van der Waals surface area contributed by atoms with Crippen molar-refractivity contribution in [1.82, 2.24) is 0 Å². The molecule has 3 aromatic carbocycles. The van der Waals surface area contributed by atoms with Crippen molar-refractivity contribution in [3.63, 3.8) is 0 Å². The van der Waals surface area contributed by atoms with Crippen LogP contribution >= 0.6 is 0 Å². The summed E-state index contributed by atoms with van der Waals surface area (Å²) in [5, 5.41) is 67.3. The zero-order valence-electron chi connectivity index (χ0n) is 19.8. The van der Waals surface area contributed by atoms with Crippen LogP contribution in [0.25, 0.3) is 0 Å². The van der Waals surface area contributed by atoms with Gasteiger partial charge in [-0.1, -0.05) is 0 Å². The van der Waals surface area contributed by atoms with Crippen LogP contribution in [0.15, 0.2) is 67.8 Å². The van der Waals surface area contributed by atoms with Crippen molar-refractivity contribution in [1.29, 1.82) is 0 Å². The zero-order chi connectivity index (χ0) is 26.8. The van der Waals surface area contributed by atoms with E-state index in [-0.39, 0.29) is 74.2 Å². The number of phenolic OH excluding ortho intramolecular Hbond substituents is 3. The van der Waals surface area contributed by atoms with E-state index < -0.39 is 60.0 Å². The Kier molecular flexibility index (Phi) is 12.7. The van der Waals surface area contributed by atoms with Crippen molar-refractivity contribution in [3.05, 3.63) is 68.3 Å². The average molecular weight is 611 g/mol. The van der Waals surface area contributed by atoms with Crippen molar-refractivity contribution in [2.24, 2.45) is 20.5 Å². The summed E-state index contributed by atoms with van der Waals surface area (Å²) >= 11 is 0.